The number of nitrogen functional groups attached to an aromatic ring is 1. The Balaban J connectivity index is 1.83. The highest BCUT2D eigenvalue weighted by molar-refractivity contribution is 5.31. The molecule has 1 aromatic rings. The number of pyridine rings is 1. The third kappa shape index (κ3) is 3.68. The van der Waals surface area contributed by atoms with Gasteiger partial charge in [0.15, 0.2) is 0 Å². The lowest BCUT2D eigenvalue weighted by molar-refractivity contribution is 0.267. The van der Waals surface area contributed by atoms with Gasteiger partial charge in [0.2, 0.25) is 0 Å². The normalized spacial score (nSPS) is 21.2. The SMILES string of the molecule is CN1CCC(CN(C)Cc2ccnc(N)c2)C1. The van der Waals surface area contributed by atoms with Crippen molar-refractivity contribution < 1.29 is 0 Å². The number of nitrogens with two attached hydrogens (primary N) is 1. The molecule has 0 aliphatic carbocycles. The van der Waals surface area contributed by atoms with Crippen molar-refractivity contribution in [1.82, 2.24) is 14.8 Å². The molecule has 4 nitrogen and oxygen atoms in total. The van der Waals surface area contributed by atoms with Crippen molar-refractivity contribution in [3.63, 3.8) is 0 Å². The van der Waals surface area contributed by atoms with E-state index >= 15 is 0 Å². The maximum atomic E-state index is 5.68. The monoisotopic (exact) mass is 234 g/mol. The summed E-state index contributed by atoms with van der Waals surface area (Å²) in [5, 5.41) is 0. The van der Waals surface area contributed by atoms with Gasteiger partial charge >= 0.3 is 0 Å². The summed E-state index contributed by atoms with van der Waals surface area (Å²) in [4.78, 5) is 8.79. The smallest absolute Gasteiger partial charge is 0.123 e. The fourth-order valence-electron chi connectivity index (χ4n) is 2.59. The molecule has 2 N–H and O–H groups in total. The van der Waals surface area contributed by atoms with E-state index in [1.54, 1.807) is 6.20 Å². The highest BCUT2D eigenvalue weighted by Crippen LogP contribution is 2.16. The van der Waals surface area contributed by atoms with Gasteiger partial charge in [-0.1, -0.05) is 0 Å². The van der Waals surface area contributed by atoms with Crippen molar-refractivity contribution in [2.75, 3.05) is 39.5 Å². The lowest BCUT2D eigenvalue weighted by atomic mass is 10.1. The minimum atomic E-state index is 0.608. The highest BCUT2D eigenvalue weighted by Gasteiger charge is 2.20. The molecule has 94 valence electrons. The summed E-state index contributed by atoms with van der Waals surface area (Å²) in [5.74, 6) is 1.42. The summed E-state index contributed by atoms with van der Waals surface area (Å²) in [6.45, 7) is 4.57. The molecule has 1 atom stereocenters. The largest absolute Gasteiger partial charge is 0.384 e. The molecule has 1 aromatic heterocycles. The van der Waals surface area contributed by atoms with E-state index in [0.717, 1.165) is 19.0 Å². The first-order valence-electron chi connectivity index (χ1n) is 6.21. The second-order valence-electron chi connectivity index (χ2n) is 5.20. The summed E-state index contributed by atoms with van der Waals surface area (Å²) in [7, 11) is 4.37. The van der Waals surface area contributed by atoms with Crippen LogP contribution in [0.15, 0.2) is 18.3 Å². The standard InChI is InChI=1S/C13H22N4/c1-16-6-4-12(9-16)10-17(2)8-11-3-5-15-13(14)7-11/h3,5,7,12H,4,6,8-10H2,1-2H3,(H2,14,15). The molecule has 4 heteroatoms. The highest BCUT2D eigenvalue weighted by atomic mass is 15.1. The minimum Gasteiger partial charge on any atom is -0.384 e. The van der Waals surface area contributed by atoms with E-state index in [4.69, 9.17) is 5.73 Å². The van der Waals surface area contributed by atoms with E-state index in [0.29, 0.717) is 5.82 Å². The molecule has 17 heavy (non-hydrogen) atoms. The first-order chi connectivity index (χ1) is 8.13. The Labute approximate surface area is 103 Å². The van der Waals surface area contributed by atoms with E-state index in [9.17, 15) is 0 Å². The zero-order chi connectivity index (χ0) is 12.3. The molecular weight excluding hydrogens is 212 g/mol. The van der Waals surface area contributed by atoms with E-state index in [1.165, 1.54) is 25.1 Å². The lowest BCUT2D eigenvalue weighted by Gasteiger charge is -2.21. The summed E-state index contributed by atoms with van der Waals surface area (Å²) < 4.78 is 0. The van der Waals surface area contributed by atoms with Crippen molar-refractivity contribution in [3.8, 4) is 0 Å². The number of rotatable bonds is 4. The van der Waals surface area contributed by atoms with Crippen molar-refractivity contribution in [3.05, 3.63) is 23.9 Å². The summed E-state index contributed by atoms with van der Waals surface area (Å²) in [5.41, 5.74) is 6.92. The van der Waals surface area contributed by atoms with Crippen LogP contribution in [0.3, 0.4) is 0 Å². The average Bonchev–Trinajstić information content (AvgIpc) is 2.63. The molecule has 1 fully saturated rings. The number of anilines is 1. The fourth-order valence-corrected chi connectivity index (χ4v) is 2.59. The number of aromatic nitrogens is 1. The molecule has 0 amide bonds. The molecule has 0 spiro atoms. The zero-order valence-electron chi connectivity index (χ0n) is 10.8. The van der Waals surface area contributed by atoms with Crippen LogP contribution in [0.5, 0.6) is 0 Å². The molecule has 0 aromatic carbocycles. The van der Waals surface area contributed by atoms with Gasteiger partial charge in [0, 0.05) is 25.8 Å². The summed E-state index contributed by atoms with van der Waals surface area (Å²) >= 11 is 0. The maximum Gasteiger partial charge on any atom is 0.123 e. The third-order valence-corrected chi connectivity index (χ3v) is 3.36. The Bertz CT molecular complexity index is 366. The van der Waals surface area contributed by atoms with Crippen LogP contribution in [-0.4, -0.2) is 48.5 Å². The summed E-state index contributed by atoms with van der Waals surface area (Å²) in [6.07, 6.45) is 3.10. The van der Waals surface area contributed by atoms with Crippen LogP contribution in [0.2, 0.25) is 0 Å². The van der Waals surface area contributed by atoms with Crippen LogP contribution < -0.4 is 5.73 Å². The molecule has 0 bridgehead atoms. The van der Waals surface area contributed by atoms with Gasteiger partial charge < -0.3 is 15.5 Å². The fraction of sp³-hybridized carbons (Fsp3) is 0.615. The maximum absolute atomic E-state index is 5.68. The lowest BCUT2D eigenvalue weighted by Crippen LogP contribution is -2.27. The van der Waals surface area contributed by atoms with Crippen molar-refractivity contribution >= 4 is 5.82 Å². The first-order valence-corrected chi connectivity index (χ1v) is 6.21. The molecule has 1 aliphatic rings. The van der Waals surface area contributed by atoms with Crippen LogP contribution in [0.25, 0.3) is 0 Å². The topological polar surface area (TPSA) is 45.4 Å². The van der Waals surface area contributed by atoms with Crippen molar-refractivity contribution in [2.45, 2.75) is 13.0 Å². The van der Waals surface area contributed by atoms with Crippen LogP contribution in [0, 0.1) is 5.92 Å². The van der Waals surface area contributed by atoms with Crippen LogP contribution in [0.4, 0.5) is 5.82 Å². The second kappa shape index (κ2) is 5.47. The molecule has 0 radical (unpaired) electrons. The van der Waals surface area contributed by atoms with E-state index in [-0.39, 0.29) is 0 Å². The van der Waals surface area contributed by atoms with Crippen molar-refractivity contribution in [2.24, 2.45) is 5.92 Å². The van der Waals surface area contributed by atoms with Crippen LogP contribution >= 0.6 is 0 Å². The first kappa shape index (κ1) is 12.3. The van der Waals surface area contributed by atoms with Gasteiger partial charge in [0.05, 0.1) is 0 Å². The molecular formula is C13H22N4. The second-order valence-corrected chi connectivity index (χ2v) is 5.20. The average molecular weight is 234 g/mol. The number of hydrogen-bond donors (Lipinski definition) is 1. The zero-order valence-corrected chi connectivity index (χ0v) is 10.8. The van der Waals surface area contributed by atoms with Gasteiger partial charge in [-0.15, -0.1) is 0 Å². The third-order valence-electron chi connectivity index (χ3n) is 3.36. The summed E-state index contributed by atoms with van der Waals surface area (Å²) in [6, 6.07) is 3.99. The Kier molecular flexibility index (Phi) is 3.97. The van der Waals surface area contributed by atoms with E-state index in [1.807, 2.05) is 12.1 Å². The van der Waals surface area contributed by atoms with Crippen molar-refractivity contribution in [1.29, 1.82) is 0 Å². The quantitative estimate of drug-likeness (QED) is 0.846. The predicted molar refractivity (Wildman–Crippen MR) is 70.6 cm³/mol. The Morgan fingerprint density at radius 3 is 3.06 bits per heavy atom. The number of nitrogens with zero attached hydrogens (tertiary/aromatic N) is 3. The Morgan fingerprint density at radius 1 is 1.59 bits per heavy atom. The minimum absolute atomic E-state index is 0.608. The molecule has 1 unspecified atom stereocenters. The van der Waals surface area contributed by atoms with E-state index in [2.05, 4.69) is 28.9 Å². The number of likely N-dealkylation sites (tertiary alicyclic amines) is 1. The van der Waals surface area contributed by atoms with Gasteiger partial charge in [-0.25, -0.2) is 4.98 Å². The van der Waals surface area contributed by atoms with Crippen LogP contribution in [0.1, 0.15) is 12.0 Å². The number of hydrogen-bond acceptors (Lipinski definition) is 4. The van der Waals surface area contributed by atoms with E-state index < -0.39 is 0 Å². The molecule has 1 saturated heterocycles. The van der Waals surface area contributed by atoms with Gasteiger partial charge in [-0.2, -0.15) is 0 Å². The van der Waals surface area contributed by atoms with Gasteiger partial charge in [-0.3, -0.25) is 0 Å². The van der Waals surface area contributed by atoms with Gasteiger partial charge in [-0.05, 0) is 50.7 Å². The van der Waals surface area contributed by atoms with Gasteiger partial charge in [0.25, 0.3) is 0 Å². The van der Waals surface area contributed by atoms with Crippen LogP contribution in [-0.2, 0) is 6.54 Å². The Hall–Kier alpha value is -1.13. The molecule has 2 heterocycles. The predicted octanol–water partition coefficient (Wildman–Crippen LogP) is 1.05. The van der Waals surface area contributed by atoms with Gasteiger partial charge in [0.1, 0.15) is 5.82 Å². The molecule has 2 rings (SSSR count). The molecule has 0 saturated carbocycles. The molecule has 1 aliphatic heterocycles. The Morgan fingerprint density at radius 2 is 2.41 bits per heavy atom.